The second-order valence-electron chi connectivity index (χ2n) is 8.29. The smallest absolute Gasteiger partial charge is 0.411 e. The van der Waals surface area contributed by atoms with Gasteiger partial charge >= 0.3 is 6.09 Å². The fraction of sp³-hybridized carbons (Fsp3) is 0.409. The summed E-state index contributed by atoms with van der Waals surface area (Å²) in [5.74, 6) is 0. The summed E-state index contributed by atoms with van der Waals surface area (Å²) in [7, 11) is -3.24. The molecule has 2 aromatic carbocycles. The third-order valence-electron chi connectivity index (χ3n) is 5.99. The number of carbonyl (C=O) groups is 1. The fourth-order valence-electron chi connectivity index (χ4n) is 4.84. The van der Waals surface area contributed by atoms with E-state index >= 15 is 0 Å². The van der Waals surface area contributed by atoms with Gasteiger partial charge in [-0.1, -0.05) is 12.1 Å². The summed E-state index contributed by atoms with van der Waals surface area (Å²) in [6.07, 6.45) is 0.325. The molecule has 1 N–H and O–H groups in total. The van der Waals surface area contributed by atoms with Crippen molar-refractivity contribution in [2.75, 3.05) is 47.1 Å². The summed E-state index contributed by atoms with van der Waals surface area (Å²) >= 11 is 0. The SMILES string of the molecule is C[C@@H]1CN(c2ccc(N3CCN(C(=O)O)c4ccccc43)cc2)C[C@H](C)N1S(C)(=O)=O. The Morgan fingerprint density at radius 3 is 2.00 bits per heavy atom. The first kappa shape index (κ1) is 21.5. The Labute approximate surface area is 183 Å². The molecule has 2 aromatic rings. The molecule has 0 unspecified atom stereocenters. The highest BCUT2D eigenvalue weighted by molar-refractivity contribution is 7.88. The van der Waals surface area contributed by atoms with Crippen LogP contribution < -0.4 is 14.7 Å². The van der Waals surface area contributed by atoms with Crippen molar-refractivity contribution in [3.63, 3.8) is 0 Å². The minimum atomic E-state index is -3.24. The Bertz CT molecular complexity index is 1060. The number of sulfonamides is 1. The Morgan fingerprint density at radius 2 is 1.45 bits per heavy atom. The highest BCUT2D eigenvalue weighted by Gasteiger charge is 2.35. The number of nitrogens with zero attached hydrogens (tertiary/aromatic N) is 4. The number of benzene rings is 2. The number of para-hydroxylation sites is 2. The summed E-state index contributed by atoms with van der Waals surface area (Å²) in [5.41, 5.74) is 3.60. The number of fused-ring (bicyclic) bond motifs is 1. The molecule has 4 rings (SSSR count). The molecule has 0 spiro atoms. The molecule has 1 amide bonds. The van der Waals surface area contributed by atoms with E-state index in [0.29, 0.717) is 31.9 Å². The molecule has 0 saturated carbocycles. The topological polar surface area (TPSA) is 84.4 Å². The van der Waals surface area contributed by atoms with Gasteiger partial charge in [0.15, 0.2) is 0 Å². The van der Waals surface area contributed by atoms with Crippen molar-refractivity contribution in [3.8, 4) is 0 Å². The molecule has 1 fully saturated rings. The number of piperazine rings is 1. The van der Waals surface area contributed by atoms with Gasteiger partial charge in [0.2, 0.25) is 10.0 Å². The van der Waals surface area contributed by atoms with Gasteiger partial charge in [0.05, 0.1) is 17.6 Å². The van der Waals surface area contributed by atoms with Crippen LogP contribution in [0.15, 0.2) is 48.5 Å². The van der Waals surface area contributed by atoms with Crippen molar-refractivity contribution in [2.24, 2.45) is 0 Å². The second-order valence-corrected chi connectivity index (χ2v) is 10.2. The molecule has 31 heavy (non-hydrogen) atoms. The second kappa shape index (κ2) is 8.05. The quantitative estimate of drug-likeness (QED) is 0.783. The maximum Gasteiger partial charge on any atom is 0.411 e. The standard InChI is InChI=1S/C22H28N4O4S/c1-16-14-23(15-17(2)26(16)31(3,29)30)18-8-10-19(11-9-18)24-12-13-25(22(27)28)21-7-5-4-6-20(21)24/h4-11,16-17H,12-15H2,1-3H3,(H,27,28)/t16-,17+. The molecule has 2 atom stereocenters. The number of amides is 1. The maximum atomic E-state index is 12.1. The number of hydrogen-bond acceptors (Lipinski definition) is 5. The van der Waals surface area contributed by atoms with Crippen molar-refractivity contribution in [3.05, 3.63) is 48.5 Å². The minimum Gasteiger partial charge on any atom is -0.465 e. The zero-order valence-electron chi connectivity index (χ0n) is 18.0. The predicted molar refractivity (Wildman–Crippen MR) is 123 cm³/mol. The Kier molecular flexibility index (Phi) is 5.57. The van der Waals surface area contributed by atoms with E-state index in [9.17, 15) is 18.3 Å². The normalized spacial score (nSPS) is 22.4. The van der Waals surface area contributed by atoms with Gasteiger partial charge in [-0.05, 0) is 50.2 Å². The lowest BCUT2D eigenvalue weighted by atomic mass is 10.1. The summed E-state index contributed by atoms with van der Waals surface area (Å²) in [6.45, 7) is 6.13. The monoisotopic (exact) mass is 444 g/mol. The highest BCUT2D eigenvalue weighted by atomic mass is 32.2. The van der Waals surface area contributed by atoms with E-state index in [-0.39, 0.29) is 12.1 Å². The first-order chi connectivity index (χ1) is 14.7. The number of carboxylic acid groups (broad SMARTS) is 1. The average molecular weight is 445 g/mol. The van der Waals surface area contributed by atoms with Gasteiger partial charge in [-0.15, -0.1) is 0 Å². The summed E-state index contributed by atoms with van der Waals surface area (Å²) in [5, 5.41) is 9.49. The zero-order valence-corrected chi connectivity index (χ0v) is 18.8. The van der Waals surface area contributed by atoms with Crippen molar-refractivity contribution >= 4 is 38.9 Å². The van der Waals surface area contributed by atoms with Crippen LogP contribution in [-0.2, 0) is 10.0 Å². The summed E-state index contributed by atoms with van der Waals surface area (Å²) in [6, 6.07) is 15.5. The molecule has 166 valence electrons. The van der Waals surface area contributed by atoms with E-state index < -0.39 is 16.1 Å². The Balaban J connectivity index is 1.56. The summed E-state index contributed by atoms with van der Waals surface area (Å²) < 4.78 is 25.8. The minimum absolute atomic E-state index is 0.102. The molecule has 0 radical (unpaired) electrons. The van der Waals surface area contributed by atoms with E-state index in [1.54, 1.807) is 4.31 Å². The van der Waals surface area contributed by atoms with Crippen LogP contribution in [0, 0.1) is 0 Å². The molecule has 2 heterocycles. The van der Waals surface area contributed by atoms with Crippen LogP contribution in [0.1, 0.15) is 13.8 Å². The lowest BCUT2D eigenvalue weighted by molar-refractivity contribution is 0.201. The molecular formula is C22H28N4O4S. The van der Waals surface area contributed by atoms with E-state index in [2.05, 4.69) is 21.9 Å². The van der Waals surface area contributed by atoms with Gasteiger partial charge < -0.3 is 14.9 Å². The largest absolute Gasteiger partial charge is 0.465 e. The molecule has 9 heteroatoms. The lowest BCUT2D eigenvalue weighted by Gasteiger charge is -2.44. The van der Waals surface area contributed by atoms with Gasteiger partial charge in [-0.3, -0.25) is 4.90 Å². The fourth-order valence-corrected chi connectivity index (χ4v) is 6.28. The number of rotatable bonds is 3. The average Bonchev–Trinajstić information content (AvgIpc) is 2.71. The molecule has 0 aliphatic carbocycles. The van der Waals surface area contributed by atoms with Crippen LogP contribution in [0.3, 0.4) is 0 Å². The third kappa shape index (κ3) is 4.07. The predicted octanol–water partition coefficient (Wildman–Crippen LogP) is 3.18. The molecular weight excluding hydrogens is 416 g/mol. The number of anilines is 4. The zero-order chi connectivity index (χ0) is 22.3. The highest BCUT2D eigenvalue weighted by Crippen LogP contribution is 2.38. The maximum absolute atomic E-state index is 12.1. The van der Waals surface area contributed by atoms with E-state index in [1.165, 1.54) is 11.2 Å². The van der Waals surface area contributed by atoms with Crippen LogP contribution in [-0.4, -0.2) is 68.4 Å². The first-order valence-corrected chi connectivity index (χ1v) is 12.2. The van der Waals surface area contributed by atoms with Gasteiger partial charge in [0, 0.05) is 49.6 Å². The van der Waals surface area contributed by atoms with Crippen LogP contribution in [0.4, 0.5) is 27.5 Å². The molecule has 0 bridgehead atoms. The Hall–Kier alpha value is -2.78. The van der Waals surface area contributed by atoms with Crippen molar-refractivity contribution in [1.82, 2.24) is 4.31 Å². The first-order valence-electron chi connectivity index (χ1n) is 10.4. The molecule has 1 saturated heterocycles. The Morgan fingerprint density at radius 1 is 0.903 bits per heavy atom. The molecule has 2 aliphatic rings. The van der Waals surface area contributed by atoms with E-state index in [1.807, 2.05) is 50.2 Å². The summed E-state index contributed by atoms with van der Waals surface area (Å²) in [4.78, 5) is 17.3. The molecule has 8 nitrogen and oxygen atoms in total. The van der Waals surface area contributed by atoms with Crippen LogP contribution in [0.2, 0.25) is 0 Å². The third-order valence-corrected chi connectivity index (χ3v) is 7.47. The van der Waals surface area contributed by atoms with Crippen LogP contribution in [0.25, 0.3) is 0 Å². The van der Waals surface area contributed by atoms with E-state index in [4.69, 9.17) is 0 Å². The molecule has 2 aliphatic heterocycles. The van der Waals surface area contributed by atoms with Gasteiger partial charge in [-0.2, -0.15) is 4.31 Å². The van der Waals surface area contributed by atoms with E-state index in [0.717, 1.165) is 17.1 Å². The van der Waals surface area contributed by atoms with Crippen LogP contribution >= 0.6 is 0 Å². The van der Waals surface area contributed by atoms with Crippen LogP contribution in [0.5, 0.6) is 0 Å². The van der Waals surface area contributed by atoms with Crippen molar-refractivity contribution < 1.29 is 18.3 Å². The van der Waals surface area contributed by atoms with Gasteiger partial charge in [0.25, 0.3) is 0 Å². The number of hydrogen-bond donors (Lipinski definition) is 1. The van der Waals surface area contributed by atoms with Gasteiger partial charge in [0.1, 0.15) is 0 Å². The molecule has 0 aromatic heterocycles. The van der Waals surface area contributed by atoms with Crippen molar-refractivity contribution in [2.45, 2.75) is 25.9 Å². The van der Waals surface area contributed by atoms with Gasteiger partial charge in [-0.25, -0.2) is 13.2 Å². The lowest BCUT2D eigenvalue weighted by Crippen LogP contribution is -2.58. The van der Waals surface area contributed by atoms with Crippen molar-refractivity contribution in [1.29, 1.82) is 0 Å².